The van der Waals surface area contributed by atoms with E-state index in [0.29, 0.717) is 20.5 Å². The van der Waals surface area contributed by atoms with Crippen LogP contribution in [0, 0.1) is 6.92 Å². The van der Waals surface area contributed by atoms with Gasteiger partial charge in [-0.2, -0.15) is 0 Å². The third kappa shape index (κ3) is 7.03. The van der Waals surface area contributed by atoms with E-state index in [1.54, 1.807) is 39.0 Å². The van der Waals surface area contributed by atoms with Crippen LogP contribution < -0.4 is 10.6 Å². The molecule has 0 aliphatic rings. The normalized spacial score (nSPS) is 10.6. The fourth-order valence-electron chi connectivity index (χ4n) is 2.85. The molecular formula is C22H21ClN4O6S3. The minimum atomic E-state index is -0.644. The predicted molar refractivity (Wildman–Crippen MR) is 140 cm³/mol. The van der Waals surface area contributed by atoms with E-state index in [-0.39, 0.29) is 45.4 Å². The smallest absolute Gasteiger partial charge is 0.348 e. The minimum Gasteiger partial charge on any atom is -0.462 e. The number of esters is 2. The number of ether oxygens (including phenoxy) is 2. The van der Waals surface area contributed by atoms with Crippen molar-refractivity contribution in [3.8, 4) is 0 Å². The summed E-state index contributed by atoms with van der Waals surface area (Å²) in [5, 5.41) is 14.1. The molecule has 0 atom stereocenters. The number of rotatable bonds is 10. The molecule has 0 fully saturated rings. The summed E-state index contributed by atoms with van der Waals surface area (Å²) >= 11 is 9.07. The van der Waals surface area contributed by atoms with E-state index in [1.165, 1.54) is 6.07 Å². The first kappa shape index (κ1) is 27.6. The molecule has 2 heterocycles. The molecular weight excluding hydrogens is 548 g/mol. The SMILES string of the molecule is CCOC(=O)c1sc(NC(=O)CSc2nnc(NC(=O)c3cccc(Cl)c3)s2)c(C(=O)OCC)c1C. The number of amides is 2. The van der Waals surface area contributed by atoms with Crippen molar-refractivity contribution >= 4 is 79.9 Å². The maximum Gasteiger partial charge on any atom is 0.348 e. The third-order valence-electron chi connectivity index (χ3n) is 4.38. The number of hydrogen-bond donors (Lipinski definition) is 2. The molecule has 0 bridgehead atoms. The topological polar surface area (TPSA) is 137 Å². The highest BCUT2D eigenvalue weighted by Gasteiger charge is 2.27. The van der Waals surface area contributed by atoms with Gasteiger partial charge in [0.25, 0.3) is 5.91 Å². The summed E-state index contributed by atoms with van der Waals surface area (Å²) in [6.45, 7) is 5.24. The second-order valence-corrected chi connectivity index (χ2v) is 10.5. The molecule has 1 aromatic carbocycles. The zero-order chi connectivity index (χ0) is 26.2. The number of thioether (sulfide) groups is 1. The number of nitrogens with zero attached hydrogens (tertiary/aromatic N) is 2. The van der Waals surface area contributed by atoms with Crippen LogP contribution in [0.4, 0.5) is 10.1 Å². The zero-order valence-corrected chi connectivity index (χ0v) is 22.6. The number of aromatic nitrogens is 2. The van der Waals surface area contributed by atoms with Crippen LogP contribution in [0.15, 0.2) is 28.6 Å². The van der Waals surface area contributed by atoms with E-state index in [1.807, 2.05) is 0 Å². The summed E-state index contributed by atoms with van der Waals surface area (Å²) in [6.07, 6.45) is 0. The van der Waals surface area contributed by atoms with Gasteiger partial charge in [-0.3, -0.25) is 14.9 Å². The van der Waals surface area contributed by atoms with Gasteiger partial charge in [0.1, 0.15) is 9.88 Å². The highest BCUT2D eigenvalue weighted by molar-refractivity contribution is 8.01. The van der Waals surface area contributed by atoms with Gasteiger partial charge in [-0.25, -0.2) is 9.59 Å². The molecule has 36 heavy (non-hydrogen) atoms. The lowest BCUT2D eigenvalue weighted by Crippen LogP contribution is -2.16. The van der Waals surface area contributed by atoms with Gasteiger partial charge < -0.3 is 14.8 Å². The minimum absolute atomic E-state index is 0.0508. The Kier molecular flexibility index (Phi) is 9.81. The average Bonchev–Trinajstić information content (AvgIpc) is 3.41. The fraction of sp³-hybridized carbons (Fsp3) is 0.273. The molecule has 0 saturated heterocycles. The van der Waals surface area contributed by atoms with Crippen LogP contribution in [0.1, 0.15) is 49.8 Å². The number of carbonyl (C=O) groups excluding carboxylic acids is 4. The monoisotopic (exact) mass is 568 g/mol. The lowest BCUT2D eigenvalue weighted by molar-refractivity contribution is -0.113. The van der Waals surface area contributed by atoms with Crippen molar-refractivity contribution in [1.82, 2.24) is 10.2 Å². The highest BCUT2D eigenvalue weighted by Crippen LogP contribution is 2.35. The van der Waals surface area contributed by atoms with E-state index >= 15 is 0 Å². The molecule has 3 rings (SSSR count). The van der Waals surface area contributed by atoms with Crippen molar-refractivity contribution in [3.63, 3.8) is 0 Å². The van der Waals surface area contributed by atoms with E-state index in [2.05, 4.69) is 20.8 Å². The van der Waals surface area contributed by atoms with E-state index < -0.39 is 17.8 Å². The molecule has 190 valence electrons. The highest BCUT2D eigenvalue weighted by atomic mass is 35.5. The molecule has 0 aliphatic carbocycles. The van der Waals surface area contributed by atoms with Crippen LogP contribution in [0.2, 0.25) is 5.02 Å². The summed E-state index contributed by atoms with van der Waals surface area (Å²) in [4.78, 5) is 49.9. The standard InChI is InChI=1S/C22H21ClN4O6S3/c1-4-32-19(30)15-11(3)16(20(31)33-5-2)35-18(15)24-14(28)10-34-22-27-26-21(36-22)25-17(29)12-7-6-8-13(23)9-12/h6-9H,4-5,10H2,1-3H3,(H,24,28)(H,25,26,29). The van der Waals surface area contributed by atoms with Crippen LogP contribution in [-0.2, 0) is 14.3 Å². The Hall–Kier alpha value is -3.00. The molecule has 10 nitrogen and oxygen atoms in total. The Morgan fingerprint density at radius 2 is 1.75 bits per heavy atom. The van der Waals surface area contributed by atoms with Gasteiger partial charge in [-0.15, -0.1) is 21.5 Å². The number of halogens is 1. The van der Waals surface area contributed by atoms with Crippen molar-refractivity contribution < 1.29 is 28.7 Å². The van der Waals surface area contributed by atoms with E-state index in [9.17, 15) is 19.2 Å². The number of benzene rings is 1. The van der Waals surface area contributed by atoms with Crippen LogP contribution in [-0.4, -0.2) is 52.9 Å². The Balaban J connectivity index is 1.64. The molecule has 0 radical (unpaired) electrons. The van der Waals surface area contributed by atoms with Crippen LogP contribution in [0.25, 0.3) is 0 Å². The van der Waals surface area contributed by atoms with Gasteiger partial charge in [-0.05, 0) is 44.5 Å². The van der Waals surface area contributed by atoms with Gasteiger partial charge >= 0.3 is 11.9 Å². The lowest BCUT2D eigenvalue weighted by atomic mass is 10.1. The number of nitrogens with one attached hydrogen (secondary N) is 2. The van der Waals surface area contributed by atoms with E-state index in [0.717, 1.165) is 34.4 Å². The Morgan fingerprint density at radius 3 is 2.44 bits per heavy atom. The maximum atomic E-state index is 12.6. The first-order valence-electron chi connectivity index (χ1n) is 10.5. The summed E-state index contributed by atoms with van der Waals surface area (Å²) in [5.74, 6) is -2.09. The van der Waals surface area contributed by atoms with Crippen LogP contribution >= 0.6 is 46.0 Å². The quantitative estimate of drug-likeness (QED) is 0.199. The fourth-order valence-corrected chi connectivity index (χ4v) is 5.69. The van der Waals surface area contributed by atoms with Gasteiger partial charge in [-0.1, -0.05) is 40.8 Å². The second kappa shape index (κ2) is 12.8. The molecule has 2 amide bonds. The third-order valence-corrected chi connectivity index (χ3v) is 7.77. The molecule has 0 spiro atoms. The largest absolute Gasteiger partial charge is 0.462 e. The number of carbonyl (C=O) groups is 4. The maximum absolute atomic E-state index is 12.6. The van der Waals surface area contributed by atoms with Gasteiger partial charge in [0, 0.05) is 10.6 Å². The number of thiophene rings is 1. The summed E-state index contributed by atoms with van der Waals surface area (Å²) in [7, 11) is 0. The molecule has 0 aliphatic heterocycles. The van der Waals surface area contributed by atoms with Crippen molar-refractivity contribution in [1.29, 1.82) is 0 Å². The Labute approximate surface area is 223 Å². The zero-order valence-electron chi connectivity index (χ0n) is 19.4. The second-order valence-electron chi connectivity index (χ2n) is 6.88. The molecule has 3 aromatic rings. The van der Waals surface area contributed by atoms with Gasteiger partial charge in [0.2, 0.25) is 11.0 Å². The van der Waals surface area contributed by atoms with E-state index in [4.69, 9.17) is 21.1 Å². The van der Waals surface area contributed by atoms with Crippen molar-refractivity contribution in [2.24, 2.45) is 0 Å². The molecule has 0 saturated carbocycles. The van der Waals surface area contributed by atoms with Crippen LogP contribution in [0.3, 0.4) is 0 Å². The van der Waals surface area contributed by atoms with Crippen molar-refractivity contribution in [2.45, 2.75) is 25.1 Å². The Bertz CT molecular complexity index is 1290. The molecule has 2 aromatic heterocycles. The summed E-state index contributed by atoms with van der Waals surface area (Å²) in [5.41, 5.74) is 0.867. The van der Waals surface area contributed by atoms with Crippen molar-refractivity contribution in [2.75, 3.05) is 29.6 Å². The summed E-state index contributed by atoms with van der Waals surface area (Å²) in [6, 6.07) is 6.47. The molecule has 14 heteroatoms. The molecule has 0 unspecified atom stereocenters. The number of anilines is 2. The predicted octanol–water partition coefficient (Wildman–Crippen LogP) is 4.90. The number of hydrogen-bond acceptors (Lipinski definition) is 11. The summed E-state index contributed by atoms with van der Waals surface area (Å²) < 4.78 is 10.6. The van der Waals surface area contributed by atoms with Gasteiger partial charge in [0.15, 0.2) is 4.34 Å². The molecule has 2 N–H and O–H groups in total. The van der Waals surface area contributed by atoms with Crippen molar-refractivity contribution in [3.05, 3.63) is 50.9 Å². The van der Waals surface area contributed by atoms with Crippen LogP contribution in [0.5, 0.6) is 0 Å². The van der Waals surface area contributed by atoms with Gasteiger partial charge in [0.05, 0.1) is 24.5 Å². The first-order valence-corrected chi connectivity index (χ1v) is 13.5. The first-order chi connectivity index (χ1) is 17.2. The Morgan fingerprint density at radius 1 is 1.03 bits per heavy atom. The lowest BCUT2D eigenvalue weighted by Gasteiger charge is -2.06. The average molecular weight is 569 g/mol.